The SMILES string of the molecule is CC(=O)N1C[C@H]2CN(C(=O)c3c(C)cccc3Cl)C[C@H]2[C@@H]1c1cccc(F)c1. The average Bonchev–Trinajstić information content (AvgIpc) is 3.19. The minimum Gasteiger partial charge on any atom is -0.338 e. The monoisotopic (exact) mass is 400 g/mol. The molecule has 2 aromatic carbocycles. The van der Waals surface area contributed by atoms with Crippen molar-refractivity contribution in [3.05, 3.63) is 70.0 Å². The number of carbonyl (C=O) groups excluding carboxylic acids is 2. The summed E-state index contributed by atoms with van der Waals surface area (Å²) in [6, 6.07) is 11.6. The molecule has 2 aliphatic heterocycles. The first-order valence-corrected chi connectivity index (χ1v) is 9.81. The van der Waals surface area contributed by atoms with Crippen molar-refractivity contribution in [1.82, 2.24) is 9.80 Å². The van der Waals surface area contributed by atoms with Gasteiger partial charge in [-0.15, -0.1) is 0 Å². The Bertz CT molecular complexity index is 928. The Hall–Kier alpha value is -2.40. The molecule has 3 atom stereocenters. The van der Waals surface area contributed by atoms with Crippen LogP contribution in [0.2, 0.25) is 5.02 Å². The Morgan fingerprint density at radius 1 is 1.11 bits per heavy atom. The van der Waals surface area contributed by atoms with E-state index in [4.69, 9.17) is 11.6 Å². The van der Waals surface area contributed by atoms with Gasteiger partial charge in [-0.25, -0.2) is 4.39 Å². The van der Waals surface area contributed by atoms with Crippen LogP contribution in [0.15, 0.2) is 42.5 Å². The third kappa shape index (κ3) is 3.18. The van der Waals surface area contributed by atoms with E-state index in [2.05, 4.69) is 0 Å². The molecule has 0 aliphatic carbocycles. The Kier molecular flexibility index (Phi) is 4.88. The summed E-state index contributed by atoms with van der Waals surface area (Å²) in [7, 11) is 0. The molecule has 2 aliphatic rings. The van der Waals surface area contributed by atoms with E-state index in [1.54, 1.807) is 19.1 Å². The summed E-state index contributed by atoms with van der Waals surface area (Å²) in [5.74, 6) is -0.170. The number of hydrogen-bond donors (Lipinski definition) is 0. The van der Waals surface area contributed by atoms with Gasteiger partial charge in [0.2, 0.25) is 5.91 Å². The number of benzene rings is 2. The number of amides is 2. The lowest BCUT2D eigenvalue weighted by Crippen LogP contribution is -2.36. The van der Waals surface area contributed by atoms with Crippen molar-refractivity contribution < 1.29 is 14.0 Å². The van der Waals surface area contributed by atoms with Crippen LogP contribution in [0.5, 0.6) is 0 Å². The number of nitrogens with zero attached hydrogens (tertiary/aromatic N) is 2. The molecule has 2 fully saturated rings. The second kappa shape index (κ2) is 7.21. The number of hydrogen-bond acceptors (Lipinski definition) is 2. The van der Waals surface area contributed by atoms with Gasteiger partial charge >= 0.3 is 0 Å². The largest absolute Gasteiger partial charge is 0.338 e. The minimum absolute atomic E-state index is 0.0245. The molecule has 28 heavy (non-hydrogen) atoms. The van der Waals surface area contributed by atoms with Gasteiger partial charge in [0, 0.05) is 38.4 Å². The van der Waals surface area contributed by atoms with Gasteiger partial charge < -0.3 is 9.80 Å². The van der Waals surface area contributed by atoms with E-state index in [0.717, 1.165) is 11.1 Å². The zero-order valence-electron chi connectivity index (χ0n) is 15.9. The lowest BCUT2D eigenvalue weighted by Gasteiger charge is -2.29. The molecule has 2 saturated heterocycles. The molecule has 0 bridgehead atoms. The lowest BCUT2D eigenvalue weighted by molar-refractivity contribution is -0.130. The van der Waals surface area contributed by atoms with Gasteiger partial charge in [-0.3, -0.25) is 9.59 Å². The molecular formula is C22H22ClFN2O2. The van der Waals surface area contributed by atoms with Gasteiger partial charge in [0.25, 0.3) is 5.91 Å². The summed E-state index contributed by atoms with van der Waals surface area (Å²) < 4.78 is 13.8. The number of rotatable bonds is 2. The zero-order chi connectivity index (χ0) is 20.0. The number of aryl methyl sites for hydroxylation is 1. The molecule has 4 rings (SSSR count). The predicted molar refractivity (Wildman–Crippen MR) is 106 cm³/mol. The van der Waals surface area contributed by atoms with Crippen molar-refractivity contribution in [3.63, 3.8) is 0 Å². The van der Waals surface area contributed by atoms with E-state index >= 15 is 0 Å². The van der Waals surface area contributed by atoms with Crippen molar-refractivity contribution >= 4 is 23.4 Å². The normalized spacial score (nSPS) is 23.8. The maximum atomic E-state index is 13.8. The third-order valence-electron chi connectivity index (χ3n) is 5.98. The van der Waals surface area contributed by atoms with Gasteiger partial charge in [-0.2, -0.15) is 0 Å². The molecule has 4 nitrogen and oxygen atoms in total. The Labute approximate surface area is 168 Å². The fraction of sp³-hybridized carbons (Fsp3) is 0.364. The van der Waals surface area contributed by atoms with E-state index in [1.165, 1.54) is 12.1 Å². The Morgan fingerprint density at radius 2 is 1.86 bits per heavy atom. The summed E-state index contributed by atoms with van der Waals surface area (Å²) in [5.41, 5.74) is 2.17. The van der Waals surface area contributed by atoms with Crippen LogP contribution >= 0.6 is 11.6 Å². The van der Waals surface area contributed by atoms with E-state index in [-0.39, 0.29) is 35.5 Å². The van der Waals surface area contributed by atoms with Crippen molar-refractivity contribution in [1.29, 1.82) is 0 Å². The Morgan fingerprint density at radius 3 is 2.54 bits per heavy atom. The second-order valence-corrected chi connectivity index (χ2v) is 8.14. The van der Waals surface area contributed by atoms with Gasteiger partial charge in [-0.05, 0) is 36.2 Å². The molecular weight excluding hydrogens is 379 g/mol. The molecule has 6 heteroatoms. The zero-order valence-corrected chi connectivity index (χ0v) is 16.6. The highest BCUT2D eigenvalue weighted by Gasteiger charge is 2.49. The van der Waals surface area contributed by atoms with Gasteiger partial charge in [0.1, 0.15) is 5.82 Å². The molecule has 146 valence electrons. The van der Waals surface area contributed by atoms with Gasteiger partial charge in [-0.1, -0.05) is 35.9 Å². The molecule has 0 saturated carbocycles. The lowest BCUT2D eigenvalue weighted by atomic mass is 9.89. The molecule has 0 aromatic heterocycles. The fourth-order valence-corrected chi connectivity index (χ4v) is 5.02. The number of fused-ring (bicyclic) bond motifs is 1. The van der Waals surface area contributed by atoms with Crippen molar-refractivity contribution in [2.24, 2.45) is 11.8 Å². The number of likely N-dealkylation sites (tertiary alicyclic amines) is 2. The third-order valence-corrected chi connectivity index (χ3v) is 6.30. The van der Waals surface area contributed by atoms with E-state index in [9.17, 15) is 14.0 Å². The van der Waals surface area contributed by atoms with Crippen molar-refractivity contribution in [2.45, 2.75) is 19.9 Å². The molecule has 2 aromatic rings. The van der Waals surface area contributed by atoms with Gasteiger partial charge in [0.15, 0.2) is 0 Å². The first kappa shape index (κ1) is 18.9. The summed E-state index contributed by atoms with van der Waals surface area (Å²) >= 11 is 6.29. The van der Waals surface area contributed by atoms with Crippen LogP contribution in [0, 0.1) is 24.6 Å². The van der Waals surface area contributed by atoms with Crippen LogP contribution in [0.1, 0.15) is 34.5 Å². The van der Waals surface area contributed by atoms with E-state index in [1.807, 2.05) is 34.9 Å². The molecule has 0 unspecified atom stereocenters. The van der Waals surface area contributed by atoms with Crippen LogP contribution in [0.25, 0.3) is 0 Å². The minimum atomic E-state index is -0.318. The van der Waals surface area contributed by atoms with Crippen molar-refractivity contribution in [2.75, 3.05) is 19.6 Å². The summed E-state index contributed by atoms with van der Waals surface area (Å²) in [4.78, 5) is 29.0. The summed E-state index contributed by atoms with van der Waals surface area (Å²) in [6.45, 7) is 5.10. The van der Waals surface area contributed by atoms with Crippen LogP contribution < -0.4 is 0 Å². The average molecular weight is 401 g/mol. The maximum absolute atomic E-state index is 13.8. The van der Waals surface area contributed by atoms with Gasteiger partial charge in [0.05, 0.1) is 16.6 Å². The van der Waals surface area contributed by atoms with E-state index < -0.39 is 0 Å². The first-order chi connectivity index (χ1) is 13.4. The highest BCUT2D eigenvalue weighted by atomic mass is 35.5. The highest BCUT2D eigenvalue weighted by Crippen LogP contribution is 2.45. The number of carbonyl (C=O) groups is 2. The van der Waals surface area contributed by atoms with Crippen LogP contribution in [-0.2, 0) is 4.79 Å². The fourth-order valence-electron chi connectivity index (χ4n) is 4.71. The predicted octanol–water partition coefficient (Wildman–Crippen LogP) is 4.08. The second-order valence-electron chi connectivity index (χ2n) is 7.74. The van der Waals surface area contributed by atoms with Crippen LogP contribution in [-0.4, -0.2) is 41.2 Å². The van der Waals surface area contributed by atoms with Crippen LogP contribution in [0.3, 0.4) is 0 Å². The molecule has 2 heterocycles. The van der Waals surface area contributed by atoms with Crippen LogP contribution in [0.4, 0.5) is 4.39 Å². The molecule has 0 spiro atoms. The molecule has 0 radical (unpaired) electrons. The highest BCUT2D eigenvalue weighted by molar-refractivity contribution is 6.34. The Balaban J connectivity index is 1.63. The number of halogens is 2. The summed E-state index contributed by atoms with van der Waals surface area (Å²) in [5, 5.41) is 0.453. The van der Waals surface area contributed by atoms with Crippen molar-refractivity contribution in [3.8, 4) is 0 Å². The topological polar surface area (TPSA) is 40.6 Å². The quantitative estimate of drug-likeness (QED) is 0.762. The molecule has 2 amide bonds. The van der Waals surface area contributed by atoms with E-state index in [0.29, 0.717) is 30.2 Å². The summed E-state index contributed by atoms with van der Waals surface area (Å²) in [6.07, 6.45) is 0. The smallest absolute Gasteiger partial charge is 0.255 e. The molecule has 0 N–H and O–H groups in total. The first-order valence-electron chi connectivity index (χ1n) is 9.44. The maximum Gasteiger partial charge on any atom is 0.255 e. The standard InChI is InChI=1S/C22H22ClFN2O2/c1-13-5-3-8-19(23)20(13)22(28)25-10-16-11-26(14(2)27)21(18(16)12-25)15-6-4-7-17(24)9-15/h3-9,16,18,21H,10-12H2,1-2H3/t16-,18-,21+/m1/s1.